The highest BCUT2D eigenvalue weighted by molar-refractivity contribution is 5.82. The molecule has 5 heteroatoms. The Hall–Kier alpha value is -2.40. The molecule has 2 aromatic rings. The fourth-order valence-corrected chi connectivity index (χ4v) is 1.90. The van der Waals surface area contributed by atoms with Gasteiger partial charge in [-0.25, -0.2) is 4.39 Å². The Labute approximate surface area is 128 Å². The summed E-state index contributed by atoms with van der Waals surface area (Å²) in [6.07, 6.45) is -1.21. The van der Waals surface area contributed by atoms with Crippen LogP contribution in [-0.2, 0) is 4.79 Å². The first-order valence-corrected chi connectivity index (χ1v) is 6.98. The van der Waals surface area contributed by atoms with Gasteiger partial charge >= 0.3 is 0 Å². The van der Waals surface area contributed by atoms with E-state index in [1.165, 1.54) is 24.3 Å². The van der Waals surface area contributed by atoms with Crippen LogP contribution in [0.5, 0.6) is 5.75 Å². The Morgan fingerprint density at radius 3 is 2.45 bits per heavy atom. The van der Waals surface area contributed by atoms with Gasteiger partial charge in [0.15, 0.2) is 6.10 Å². The fraction of sp³-hybridized carbons (Fsp3) is 0.235. The van der Waals surface area contributed by atoms with Crippen molar-refractivity contribution >= 4 is 5.91 Å². The first kappa shape index (κ1) is 16.0. The van der Waals surface area contributed by atoms with Crippen LogP contribution in [0.1, 0.15) is 18.6 Å². The molecule has 0 saturated carbocycles. The van der Waals surface area contributed by atoms with E-state index in [0.717, 1.165) is 0 Å². The lowest BCUT2D eigenvalue weighted by Gasteiger charge is -2.17. The summed E-state index contributed by atoms with van der Waals surface area (Å²) >= 11 is 0. The van der Waals surface area contributed by atoms with E-state index < -0.39 is 12.0 Å². The lowest BCUT2D eigenvalue weighted by molar-refractivity contribution is -0.130. The zero-order valence-electron chi connectivity index (χ0n) is 12.2. The number of rotatable bonds is 6. The van der Waals surface area contributed by atoms with E-state index in [2.05, 4.69) is 5.32 Å². The summed E-state index contributed by atoms with van der Waals surface area (Å²) in [6, 6.07) is 14.0. The summed E-state index contributed by atoms with van der Waals surface area (Å²) in [5.74, 6) is -0.299. The van der Waals surface area contributed by atoms with E-state index in [4.69, 9.17) is 4.74 Å². The van der Waals surface area contributed by atoms with Crippen molar-refractivity contribution in [3.63, 3.8) is 0 Å². The molecule has 0 aliphatic rings. The number of nitrogens with one attached hydrogen (secondary N) is 1. The number of halogens is 1. The molecule has 0 fully saturated rings. The second-order valence-electron chi connectivity index (χ2n) is 4.99. The van der Waals surface area contributed by atoms with Gasteiger partial charge in [-0.05, 0) is 36.8 Å². The lowest BCUT2D eigenvalue weighted by Crippen LogP contribution is -2.39. The number of amides is 1. The second-order valence-corrected chi connectivity index (χ2v) is 4.99. The van der Waals surface area contributed by atoms with Crippen molar-refractivity contribution < 1.29 is 19.0 Å². The molecule has 4 nitrogen and oxygen atoms in total. The summed E-state index contributed by atoms with van der Waals surface area (Å²) in [7, 11) is 0. The molecule has 2 rings (SSSR count). The van der Waals surface area contributed by atoms with Gasteiger partial charge in [-0.1, -0.05) is 30.3 Å². The molecule has 0 aliphatic carbocycles. The van der Waals surface area contributed by atoms with E-state index in [1.54, 1.807) is 31.2 Å². The van der Waals surface area contributed by atoms with E-state index in [0.29, 0.717) is 11.3 Å². The summed E-state index contributed by atoms with van der Waals surface area (Å²) < 4.78 is 18.2. The average molecular weight is 303 g/mol. The summed E-state index contributed by atoms with van der Waals surface area (Å²) in [5, 5.41) is 12.6. The minimum Gasteiger partial charge on any atom is -0.491 e. The Balaban J connectivity index is 1.82. The normalized spacial score (nSPS) is 13.2. The van der Waals surface area contributed by atoms with Gasteiger partial charge in [-0.15, -0.1) is 0 Å². The molecular formula is C17H18FNO3. The van der Waals surface area contributed by atoms with Crippen molar-refractivity contribution in [2.45, 2.75) is 19.1 Å². The number of carbonyl (C=O) groups is 1. The predicted molar refractivity (Wildman–Crippen MR) is 80.9 cm³/mol. The molecule has 2 unspecified atom stereocenters. The number of ether oxygens (including phenoxy) is 1. The topological polar surface area (TPSA) is 58.6 Å². The smallest absolute Gasteiger partial charge is 0.253 e. The quantitative estimate of drug-likeness (QED) is 0.862. The molecule has 2 atom stereocenters. The first-order valence-electron chi connectivity index (χ1n) is 6.98. The highest BCUT2D eigenvalue weighted by atomic mass is 19.1. The fourth-order valence-electron chi connectivity index (χ4n) is 1.90. The SMILES string of the molecule is CC(COc1ccc(F)cc1)NC(=O)C(O)c1ccccc1. The number of aliphatic hydroxyl groups is 1. The zero-order valence-corrected chi connectivity index (χ0v) is 12.2. The molecule has 2 aromatic carbocycles. The van der Waals surface area contributed by atoms with Gasteiger partial charge in [0.1, 0.15) is 18.2 Å². The molecule has 2 N–H and O–H groups in total. The first-order chi connectivity index (χ1) is 10.6. The zero-order chi connectivity index (χ0) is 15.9. The summed E-state index contributed by atoms with van der Waals surface area (Å²) in [5.41, 5.74) is 0.534. The van der Waals surface area contributed by atoms with Crippen LogP contribution in [0.4, 0.5) is 4.39 Å². The van der Waals surface area contributed by atoms with E-state index in [-0.39, 0.29) is 18.5 Å². The number of hydrogen-bond donors (Lipinski definition) is 2. The number of benzene rings is 2. The van der Waals surface area contributed by atoms with Crippen LogP contribution in [0.2, 0.25) is 0 Å². The monoisotopic (exact) mass is 303 g/mol. The molecule has 1 amide bonds. The lowest BCUT2D eigenvalue weighted by atomic mass is 10.1. The van der Waals surface area contributed by atoms with E-state index in [1.807, 2.05) is 6.07 Å². The maximum absolute atomic E-state index is 12.8. The van der Waals surface area contributed by atoms with Gasteiger partial charge in [-0.2, -0.15) is 0 Å². The minimum atomic E-state index is -1.21. The van der Waals surface area contributed by atoms with Crippen molar-refractivity contribution in [2.75, 3.05) is 6.61 Å². The van der Waals surface area contributed by atoms with Crippen molar-refractivity contribution in [3.8, 4) is 5.75 Å². The second kappa shape index (κ2) is 7.56. The Morgan fingerprint density at radius 1 is 1.18 bits per heavy atom. The van der Waals surface area contributed by atoms with E-state index >= 15 is 0 Å². The van der Waals surface area contributed by atoms with Crippen LogP contribution < -0.4 is 10.1 Å². The number of carbonyl (C=O) groups excluding carboxylic acids is 1. The van der Waals surface area contributed by atoms with Crippen LogP contribution >= 0.6 is 0 Å². The average Bonchev–Trinajstić information content (AvgIpc) is 2.54. The van der Waals surface area contributed by atoms with Gasteiger partial charge in [0.05, 0.1) is 6.04 Å². The highest BCUT2D eigenvalue weighted by Gasteiger charge is 2.18. The molecule has 0 aliphatic heterocycles. The molecule has 0 heterocycles. The molecular weight excluding hydrogens is 285 g/mol. The summed E-state index contributed by atoms with van der Waals surface area (Å²) in [6.45, 7) is 1.98. The Kier molecular flexibility index (Phi) is 5.49. The van der Waals surface area contributed by atoms with Gasteiger partial charge < -0.3 is 15.2 Å². The molecule has 0 radical (unpaired) electrons. The molecule has 0 bridgehead atoms. The van der Waals surface area contributed by atoms with Crippen LogP contribution in [0.15, 0.2) is 54.6 Å². The minimum absolute atomic E-state index is 0.221. The number of hydrogen-bond acceptors (Lipinski definition) is 3. The van der Waals surface area contributed by atoms with Crippen LogP contribution in [0.25, 0.3) is 0 Å². The van der Waals surface area contributed by atoms with Crippen LogP contribution in [0.3, 0.4) is 0 Å². The van der Waals surface area contributed by atoms with Crippen LogP contribution in [0, 0.1) is 5.82 Å². The predicted octanol–water partition coefficient (Wildman–Crippen LogP) is 2.44. The third-order valence-corrected chi connectivity index (χ3v) is 3.07. The maximum Gasteiger partial charge on any atom is 0.253 e. The Morgan fingerprint density at radius 2 is 1.82 bits per heavy atom. The third-order valence-electron chi connectivity index (χ3n) is 3.07. The van der Waals surface area contributed by atoms with Gasteiger partial charge in [0, 0.05) is 0 Å². The maximum atomic E-state index is 12.8. The van der Waals surface area contributed by atoms with Crippen molar-refractivity contribution in [2.24, 2.45) is 0 Å². The molecule has 22 heavy (non-hydrogen) atoms. The number of aliphatic hydroxyl groups excluding tert-OH is 1. The standard InChI is InChI=1S/C17H18FNO3/c1-12(11-22-15-9-7-14(18)8-10-15)19-17(21)16(20)13-5-3-2-4-6-13/h2-10,12,16,20H,11H2,1H3,(H,19,21). The third kappa shape index (κ3) is 4.56. The van der Waals surface area contributed by atoms with Gasteiger partial charge in [-0.3, -0.25) is 4.79 Å². The largest absolute Gasteiger partial charge is 0.491 e. The van der Waals surface area contributed by atoms with E-state index in [9.17, 15) is 14.3 Å². The molecule has 0 spiro atoms. The Bertz CT molecular complexity index is 601. The van der Waals surface area contributed by atoms with Crippen LogP contribution in [-0.4, -0.2) is 23.7 Å². The van der Waals surface area contributed by atoms with Crippen molar-refractivity contribution in [1.82, 2.24) is 5.32 Å². The summed E-state index contributed by atoms with van der Waals surface area (Å²) in [4.78, 5) is 11.9. The highest BCUT2D eigenvalue weighted by Crippen LogP contribution is 2.13. The molecule has 0 aromatic heterocycles. The van der Waals surface area contributed by atoms with Crippen molar-refractivity contribution in [1.29, 1.82) is 0 Å². The van der Waals surface area contributed by atoms with Crippen molar-refractivity contribution in [3.05, 3.63) is 66.0 Å². The molecule has 0 saturated heterocycles. The molecule has 116 valence electrons. The van der Waals surface area contributed by atoms with Gasteiger partial charge in [0.2, 0.25) is 0 Å². The van der Waals surface area contributed by atoms with Gasteiger partial charge in [0.25, 0.3) is 5.91 Å².